The summed E-state index contributed by atoms with van der Waals surface area (Å²) in [7, 11) is 0. The summed E-state index contributed by atoms with van der Waals surface area (Å²) < 4.78 is 6.47. The molecule has 1 aromatic heterocycles. The Labute approximate surface area is 295 Å². The topological polar surface area (TPSA) is 94.7 Å². The summed E-state index contributed by atoms with van der Waals surface area (Å²) in [6, 6.07) is 12.9. The van der Waals surface area contributed by atoms with Gasteiger partial charge in [0, 0.05) is 50.4 Å². The van der Waals surface area contributed by atoms with Crippen LogP contribution >= 0.6 is 37.2 Å². The Balaban J connectivity index is 0.00000245. The van der Waals surface area contributed by atoms with E-state index in [1.54, 1.807) is 0 Å². The summed E-state index contributed by atoms with van der Waals surface area (Å²) in [4.78, 5) is 27.6. The Kier molecular flexibility index (Phi) is 17.9. The number of rotatable bonds is 12. The van der Waals surface area contributed by atoms with Crippen molar-refractivity contribution in [1.29, 1.82) is 0 Å². The van der Waals surface area contributed by atoms with E-state index in [4.69, 9.17) is 9.72 Å². The lowest BCUT2D eigenvalue weighted by atomic mass is 9.91. The molecule has 1 aromatic carbocycles. The number of nitrogens with one attached hydrogen (secondary N) is 3. The van der Waals surface area contributed by atoms with Crippen molar-refractivity contribution >= 4 is 54.9 Å². The smallest absolute Gasteiger partial charge is 0.224 e. The number of aromatic nitrogens is 2. The SMILES string of the molecule is CC(C)(CN1CCCC(Nc2nccc(N3CCCCCC3)n2)C1CCNC(=O)C1CCNCC1)OCc1ccccc1.Cl.Cl.Cl. The molecule has 5 rings (SSSR count). The molecule has 9 nitrogen and oxygen atoms in total. The van der Waals surface area contributed by atoms with E-state index in [0.29, 0.717) is 19.1 Å². The van der Waals surface area contributed by atoms with Gasteiger partial charge < -0.3 is 25.6 Å². The fraction of sp³-hybridized carbons (Fsp3) is 0.676. The minimum Gasteiger partial charge on any atom is -0.370 e. The molecule has 3 aliphatic heterocycles. The van der Waals surface area contributed by atoms with Gasteiger partial charge in [0.25, 0.3) is 0 Å². The van der Waals surface area contributed by atoms with Crippen LogP contribution in [0.1, 0.15) is 77.2 Å². The minimum atomic E-state index is -0.322. The Morgan fingerprint density at radius 3 is 2.39 bits per heavy atom. The maximum absolute atomic E-state index is 12.9. The Bertz CT molecular complexity index is 1130. The summed E-state index contributed by atoms with van der Waals surface area (Å²) in [5, 5.41) is 10.4. The van der Waals surface area contributed by atoms with Crippen molar-refractivity contribution in [2.24, 2.45) is 5.92 Å². The van der Waals surface area contributed by atoms with Gasteiger partial charge in [-0.15, -0.1) is 37.2 Å². The number of halogens is 3. The van der Waals surface area contributed by atoms with Crippen LogP contribution in [0.25, 0.3) is 0 Å². The number of likely N-dealkylation sites (tertiary alicyclic amines) is 1. The van der Waals surface area contributed by atoms with Gasteiger partial charge in [-0.3, -0.25) is 9.69 Å². The molecule has 2 unspecified atom stereocenters. The zero-order chi connectivity index (χ0) is 29.9. The first-order valence-corrected chi connectivity index (χ1v) is 16.7. The van der Waals surface area contributed by atoms with Gasteiger partial charge in [-0.25, -0.2) is 4.98 Å². The number of nitrogens with zero attached hydrogens (tertiary/aromatic N) is 4. The third-order valence-corrected chi connectivity index (χ3v) is 9.28. The highest BCUT2D eigenvalue weighted by Gasteiger charge is 2.35. The van der Waals surface area contributed by atoms with Crippen LogP contribution in [0.4, 0.5) is 11.8 Å². The highest BCUT2D eigenvalue weighted by atomic mass is 35.5. The maximum atomic E-state index is 12.9. The third-order valence-electron chi connectivity index (χ3n) is 9.28. The molecule has 260 valence electrons. The van der Waals surface area contributed by atoms with Crippen molar-refractivity contribution in [3.05, 3.63) is 48.2 Å². The molecule has 1 amide bonds. The van der Waals surface area contributed by atoms with Crippen LogP contribution < -0.4 is 20.9 Å². The van der Waals surface area contributed by atoms with Crippen molar-refractivity contribution in [3.8, 4) is 0 Å². The number of hydrogen-bond acceptors (Lipinski definition) is 8. The van der Waals surface area contributed by atoms with E-state index in [0.717, 1.165) is 77.2 Å². The van der Waals surface area contributed by atoms with Crippen molar-refractivity contribution in [3.63, 3.8) is 0 Å². The number of hydrogen-bond donors (Lipinski definition) is 3. The van der Waals surface area contributed by atoms with Gasteiger partial charge in [-0.05, 0) is 90.1 Å². The van der Waals surface area contributed by atoms with E-state index < -0.39 is 0 Å². The monoisotopic (exact) mass is 699 g/mol. The predicted molar refractivity (Wildman–Crippen MR) is 195 cm³/mol. The Hall–Kier alpha value is -1.88. The Morgan fingerprint density at radius 2 is 1.67 bits per heavy atom. The van der Waals surface area contributed by atoms with Crippen LogP contribution in [-0.2, 0) is 16.1 Å². The number of carbonyl (C=O) groups is 1. The standard InChI is InChI=1S/C34H53N7O2.3ClH/c1-34(2,43-25-27-11-6-5-7-12-27)26-41-24-10-13-29(30(41)16-20-36-32(42)28-14-18-35-19-15-28)38-33-37-21-17-31(39-33)40-22-8-3-4-9-23-40;;;/h5-7,11-12,17,21,28-30,35H,3-4,8-10,13-16,18-20,22-26H2,1-2H3,(H,36,42)(H,37,38,39);3*1H. The van der Waals surface area contributed by atoms with E-state index >= 15 is 0 Å². The maximum Gasteiger partial charge on any atom is 0.224 e. The zero-order valence-corrected chi connectivity index (χ0v) is 30.1. The number of benzene rings is 1. The number of piperidine rings is 2. The van der Waals surface area contributed by atoms with Crippen molar-refractivity contribution in [2.45, 2.75) is 95.9 Å². The number of ether oxygens (including phenoxy) is 1. The second-order valence-corrected chi connectivity index (χ2v) is 13.2. The summed E-state index contributed by atoms with van der Waals surface area (Å²) in [5.74, 6) is 2.05. The van der Waals surface area contributed by atoms with Crippen LogP contribution in [-0.4, -0.2) is 84.3 Å². The van der Waals surface area contributed by atoms with Crippen molar-refractivity contribution < 1.29 is 9.53 Å². The Morgan fingerprint density at radius 1 is 0.957 bits per heavy atom. The van der Waals surface area contributed by atoms with Gasteiger partial charge in [-0.1, -0.05) is 43.2 Å². The summed E-state index contributed by atoms with van der Waals surface area (Å²) >= 11 is 0. The van der Waals surface area contributed by atoms with Gasteiger partial charge in [0.2, 0.25) is 11.9 Å². The van der Waals surface area contributed by atoms with Crippen LogP contribution in [0.5, 0.6) is 0 Å². The molecule has 2 aromatic rings. The number of amides is 1. The van der Waals surface area contributed by atoms with E-state index in [-0.39, 0.29) is 66.7 Å². The molecule has 0 spiro atoms. The molecule has 3 fully saturated rings. The quantitative estimate of drug-likeness (QED) is 0.253. The van der Waals surface area contributed by atoms with Gasteiger partial charge >= 0.3 is 0 Å². The van der Waals surface area contributed by atoms with Gasteiger partial charge in [0.15, 0.2) is 0 Å². The molecular formula is C34H56Cl3N7O2. The number of carbonyl (C=O) groups excluding carboxylic acids is 1. The highest BCUT2D eigenvalue weighted by molar-refractivity contribution is 5.86. The van der Waals surface area contributed by atoms with Gasteiger partial charge in [0.05, 0.1) is 12.2 Å². The van der Waals surface area contributed by atoms with E-state index in [2.05, 4.69) is 68.8 Å². The second kappa shape index (κ2) is 20.5. The van der Waals surface area contributed by atoms with E-state index in [1.165, 1.54) is 31.2 Å². The van der Waals surface area contributed by atoms with Crippen molar-refractivity contribution in [2.75, 3.05) is 56.0 Å². The molecule has 0 bridgehead atoms. The van der Waals surface area contributed by atoms with E-state index in [9.17, 15) is 4.79 Å². The molecular weight excluding hydrogens is 645 g/mol. The summed E-state index contributed by atoms with van der Waals surface area (Å²) in [5.41, 5.74) is 0.865. The molecule has 2 atom stereocenters. The van der Waals surface area contributed by atoms with Crippen LogP contribution in [0.15, 0.2) is 42.6 Å². The first kappa shape index (κ1) is 40.3. The zero-order valence-electron chi connectivity index (χ0n) is 27.6. The predicted octanol–water partition coefficient (Wildman–Crippen LogP) is 5.87. The van der Waals surface area contributed by atoms with Crippen LogP contribution in [0.2, 0.25) is 0 Å². The molecule has 46 heavy (non-hydrogen) atoms. The molecule has 3 saturated heterocycles. The molecule has 12 heteroatoms. The lowest BCUT2D eigenvalue weighted by Crippen LogP contribution is -2.56. The first-order chi connectivity index (χ1) is 21.0. The fourth-order valence-electron chi connectivity index (χ4n) is 6.90. The van der Waals surface area contributed by atoms with E-state index in [1.807, 2.05) is 18.3 Å². The molecule has 3 N–H and O–H groups in total. The fourth-order valence-corrected chi connectivity index (χ4v) is 6.90. The van der Waals surface area contributed by atoms with Crippen molar-refractivity contribution in [1.82, 2.24) is 25.5 Å². The molecule has 3 aliphatic rings. The molecule has 0 radical (unpaired) electrons. The minimum absolute atomic E-state index is 0. The average molecular weight is 701 g/mol. The molecule has 0 aliphatic carbocycles. The summed E-state index contributed by atoms with van der Waals surface area (Å²) in [6.45, 7) is 11.4. The van der Waals surface area contributed by atoms with Gasteiger partial charge in [0.1, 0.15) is 5.82 Å². The second-order valence-electron chi connectivity index (χ2n) is 13.2. The number of anilines is 2. The lowest BCUT2D eigenvalue weighted by molar-refractivity contribution is -0.125. The highest BCUT2D eigenvalue weighted by Crippen LogP contribution is 2.27. The van der Waals surface area contributed by atoms with Gasteiger partial charge in [-0.2, -0.15) is 4.98 Å². The largest absolute Gasteiger partial charge is 0.370 e. The third kappa shape index (κ3) is 12.3. The normalized spacial score (nSPS) is 21.1. The van der Waals surface area contributed by atoms with Crippen LogP contribution in [0.3, 0.4) is 0 Å². The summed E-state index contributed by atoms with van der Waals surface area (Å²) in [6.07, 6.45) is 11.8. The lowest BCUT2D eigenvalue weighted by Gasteiger charge is -2.45. The van der Waals surface area contributed by atoms with Crippen LogP contribution in [0, 0.1) is 5.92 Å². The first-order valence-electron chi connectivity index (χ1n) is 16.7. The molecule has 0 saturated carbocycles. The molecule has 4 heterocycles. The average Bonchev–Trinajstić information content (AvgIpc) is 3.32.